The summed E-state index contributed by atoms with van der Waals surface area (Å²) in [6.07, 6.45) is 0. The predicted molar refractivity (Wildman–Crippen MR) is 113 cm³/mol. The molecule has 1 aromatic heterocycles. The molecule has 2 aromatic rings. The molecule has 2 N–H and O–H groups in total. The average molecular weight is 478 g/mol. The summed E-state index contributed by atoms with van der Waals surface area (Å²) < 4.78 is 7.25. The highest BCUT2D eigenvalue weighted by Gasteiger charge is 2.10. The SMILES string of the molecule is CN=C(NCc1ccc(Cl)cc1OC)NCc1c(C)nn(C)c1C.I. The minimum Gasteiger partial charge on any atom is -0.496 e. The van der Waals surface area contributed by atoms with Gasteiger partial charge in [-0.3, -0.25) is 9.67 Å². The van der Waals surface area contributed by atoms with Crippen molar-refractivity contribution in [3.8, 4) is 5.75 Å². The molecule has 138 valence electrons. The van der Waals surface area contributed by atoms with Gasteiger partial charge in [0, 0.05) is 49.0 Å². The van der Waals surface area contributed by atoms with Gasteiger partial charge >= 0.3 is 0 Å². The van der Waals surface area contributed by atoms with Crippen LogP contribution in [0.3, 0.4) is 0 Å². The molecule has 6 nitrogen and oxygen atoms in total. The van der Waals surface area contributed by atoms with Crippen LogP contribution in [-0.4, -0.2) is 29.9 Å². The lowest BCUT2D eigenvalue weighted by Gasteiger charge is -2.14. The number of rotatable bonds is 5. The number of nitrogens with zero attached hydrogens (tertiary/aromatic N) is 3. The van der Waals surface area contributed by atoms with Crippen LogP contribution in [0.25, 0.3) is 0 Å². The molecule has 0 spiro atoms. The Morgan fingerprint density at radius 1 is 1.28 bits per heavy atom. The van der Waals surface area contributed by atoms with Crippen LogP contribution in [0.5, 0.6) is 5.75 Å². The smallest absolute Gasteiger partial charge is 0.191 e. The second kappa shape index (κ2) is 9.86. The van der Waals surface area contributed by atoms with Crippen LogP contribution in [-0.2, 0) is 20.1 Å². The second-order valence-electron chi connectivity index (χ2n) is 5.51. The van der Waals surface area contributed by atoms with Crippen molar-refractivity contribution in [2.45, 2.75) is 26.9 Å². The van der Waals surface area contributed by atoms with E-state index in [0.717, 1.165) is 28.7 Å². The molecule has 8 heteroatoms. The van der Waals surface area contributed by atoms with Crippen LogP contribution in [0.15, 0.2) is 23.2 Å². The van der Waals surface area contributed by atoms with Gasteiger partial charge in [0.15, 0.2) is 5.96 Å². The fraction of sp³-hybridized carbons (Fsp3) is 0.412. The van der Waals surface area contributed by atoms with Gasteiger partial charge in [-0.1, -0.05) is 17.7 Å². The van der Waals surface area contributed by atoms with E-state index in [1.807, 2.05) is 30.8 Å². The number of hydrogen-bond acceptors (Lipinski definition) is 3. The zero-order valence-corrected chi connectivity index (χ0v) is 18.3. The normalized spacial score (nSPS) is 11.0. The van der Waals surface area contributed by atoms with E-state index in [1.165, 1.54) is 5.56 Å². The largest absolute Gasteiger partial charge is 0.496 e. The summed E-state index contributed by atoms with van der Waals surface area (Å²) in [5.41, 5.74) is 4.37. The van der Waals surface area contributed by atoms with E-state index in [-0.39, 0.29) is 24.0 Å². The lowest BCUT2D eigenvalue weighted by atomic mass is 10.2. The van der Waals surface area contributed by atoms with Crippen molar-refractivity contribution >= 4 is 41.5 Å². The van der Waals surface area contributed by atoms with Gasteiger partial charge in [-0.2, -0.15) is 5.10 Å². The molecular weight excluding hydrogens is 453 g/mol. The van der Waals surface area contributed by atoms with Gasteiger partial charge in [-0.05, 0) is 26.0 Å². The lowest BCUT2D eigenvalue weighted by Crippen LogP contribution is -2.36. The highest BCUT2D eigenvalue weighted by Crippen LogP contribution is 2.22. The van der Waals surface area contributed by atoms with Crippen LogP contribution in [0, 0.1) is 13.8 Å². The highest BCUT2D eigenvalue weighted by molar-refractivity contribution is 14.0. The first-order valence-electron chi connectivity index (χ1n) is 7.72. The van der Waals surface area contributed by atoms with Crippen molar-refractivity contribution in [2.75, 3.05) is 14.2 Å². The molecule has 0 saturated carbocycles. The molecule has 1 aromatic carbocycles. The number of methoxy groups -OCH3 is 1. The van der Waals surface area contributed by atoms with E-state index in [0.29, 0.717) is 18.1 Å². The molecule has 0 aliphatic heterocycles. The maximum absolute atomic E-state index is 5.99. The van der Waals surface area contributed by atoms with Crippen molar-refractivity contribution in [2.24, 2.45) is 12.0 Å². The first-order valence-corrected chi connectivity index (χ1v) is 8.10. The number of hydrogen-bond donors (Lipinski definition) is 2. The molecule has 1 heterocycles. The van der Waals surface area contributed by atoms with Crippen molar-refractivity contribution in [3.05, 3.63) is 45.7 Å². The monoisotopic (exact) mass is 477 g/mol. The van der Waals surface area contributed by atoms with Crippen LogP contribution in [0.1, 0.15) is 22.5 Å². The van der Waals surface area contributed by atoms with E-state index in [1.54, 1.807) is 20.2 Å². The molecule has 0 aliphatic rings. The Balaban J connectivity index is 0.00000312. The average Bonchev–Trinajstić information content (AvgIpc) is 2.81. The van der Waals surface area contributed by atoms with E-state index in [9.17, 15) is 0 Å². The predicted octanol–water partition coefficient (Wildman–Crippen LogP) is 3.18. The summed E-state index contributed by atoms with van der Waals surface area (Å²) in [4.78, 5) is 4.26. The van der Waals surface area contributed by atoms with Crippen LogP contribution in [0.4, 0.5) is 0 Å². The summed E-state index contributed by atoms with van der Waals surface area (Å²) in [6.45, 7) is 5.33. The lowest BCUT2D eigenvalue weighted by molar-refractivity contribution is 0.409. The van der Waals surface area contributed by atoms with E-state index in [4.69, 9.17) is 16.3 Å². The molecule has 0 amide bonds. The second-order valence-corrected chi connectivity index (χ2v) is 5.94. The van der Waals surface area contributed by atoms with Crippen LogP contribution < -0.4 is 15.4 Å². The topological polar surface area (TPSA) is 63.5 Å². The van der Waals surface area contributed by atoms with Crippen LogP contribution in [0.2, 0.25) is 5.02 Å². The quantitative estimate of drug-likeness (QED) is 0.394. The van der Waals surface area contributed by atoms with E-state index < -0.39 is 0 Å². The molecule has 2 rings (SSSR count). The van der Waals surface area contributed by atoms with Gasteiger partial charge < -0.3 is 15.4 Å². The summed E-state index contributed by atoms with van der Waals surface area (Å²) >= 11 is 5.99. The third-order valence-electron chi connectivity index (χ3n) is 4.01. The first-order chi connectivity index (χ1) is 11.5. The zero-order chi connectivity index (χ0) is 17.7. The molecule has 0 fully saturated rings. The van der Waals surface area contributed by atoms with Crippen molar-refractivity contribution in [1.82, 2.24) is 20.4 Å². The number of aromatic nitrogens is 2. The molecular formula is C17H25ClIN5O. The number of halogens is 2. The summed E-state index contributed by atoms with van der Waals surface area (Å²) in [5, 5.41) is 11.7. The number of aryl methyl sites for hydroxylation is 2. The van der Waals surface area contributed by atoms with E-state index >= 15 is 0 Å². The van der Waals surface area contributed by atoms with Gasteiger partial charge in [0.2, 0.25) is 0 Å². The fourth-order valence-corrected chi connectivity index (χ4v) is 2.67. The highest BCUT2D eigenvalue weighted by atomic mass is 127. The fourth-order valence-electron chi connectivity index (χ4n) is 2.51. The Bertz CT molecular complexity index is 745. The Morgan fingerprint density at radius 3 is 2.52 bits per heavy atom. The van der Waals surface area contributed by atoms with Crippen molar-refractivity contribution in [1.29, 1.82) is 0 Å². The third-order valence-corrected chi connectivity index (χ3v) is 4.25. The molecule has 0 saturated heterocycles. The number of nitrogens with one attached hydrogen (secondary N) is 2. The molecule has 0 radical (unpaired) electrons. The van der Waals surface area contributed by atoms with Crippen molar-refractivity contribution < 1.29 is 4.74 Å². The first kappa shape index (κ1) is 21.6. The van der Waals surface area contributed by atoms with Gasteiger partial charge in [0.25, 0.3) is 0 Å². The number of benzene rings is 1. The summed E-state index contributed by atoms with van der Waals surface area (Å²) in [7, 11) is 5.33. The van der Waals surface area contributed by atoms with Gasteiger partial charge in [0.1, 0.15) is 5.75 Å². The third kappa shape index (κ3) is 5.50. The minimum absolute atomic E-state index is 0. The standard InChI is InChI=1S/C17H24ClN5O.HI/c1-11-15(12(2)23(4)22-11)10-21-17(19-3)20-9-13-6-7-14(18)8-16(13)24-5;/h6-8H,9-10H2,1-5H3,(H2,19,20,21);1H. The molecule has 0 atom stereocenters. The summed E-state index contributed by atoms with van der Waals surface area (Å²) in [6, 6.07) is 5.59. The summed E-state index contributed by atoms with van der Waals surface area (Å²) in [5.74, 6) is 1.47. The Kier molecular flexibility index (Phi) is 8.51. The molecule has 0 aliphatic carbocycles. The van der Waals surface area contributed by atoms with Crippen molar-refractivity contribution in [3.63, 3.8) is 0 Å². The number of aliphatic imine (C=N–C) groups is 1. The Labute approximate surface area is 171 Å². The molecule has 0 bridgehead atoms. The molecule has 25 heavy (non-hydrogen) atoms. The van der Waals surface area contributed by atoms with E-state index in [2.05, 4.69) is 27.6 Å². The van der Waals surface area contributed by atoms with Gasteiger partial charge in [-0.25, -0.2) is 0 Å². The van der Waals surface area contributed by atoms with Gasteiger partial charge in [0.05, 0.1) is 12.8 Å². The Hall–Kier alpha value is -1.48. The zero-order valence-electron chi connectivity index (χ0n) is 15.2. The Morgan fingerprint density at radius 2 is 1.96 bits per heavy atom. The van der Waals surface area contributed by atoms with Gasteiger partial charge in [-0.15, -0.1) is 24.0 Å². The van der Waals surface area contributed by atoms with Crippen LogP contribution >= 0.6 is 35.6 Å². The number of guanidine groups is 1. The number of ether oxygens (including phenoxy) is 1. The maximum Gasteiger partial charge on any atom is 0.191 e. The maximum atomic E-state index is 5.99. The molecule has 0 unspecified atom stereocenters. The minimum atomic E-state index is 0.